The Hall–Kier alpha value is -0.0800. The molecular weight excluding hydrogens is 148 g/mol. The second-order valence-electron chi connectivity index (χ2n) is 4.14. The number of quaternary nitrogens is 2. The van der Waals surface area contributed by atoms with E-state index in [9.17, 15) is 0 Å². The first-order valence-electron chi connectivity index (χ1n) is 5.49. The van der Waals surface area contributed by atoms with Gasteiger partial charge in [0, 0.05) is 6.42 Å². The molecule has 0 bridgehead atoms. The molecule has 1 aliphatic heterocycles. The van der Waals surface area contributed by atoms with Gasteiger partial charge >= 0.3 is 0 Å². The highest BCUT2D eigenvalue weighted by molar-refractivity contribution is 4.50. The molecule has 1 saturated heterocycles. The van der Waals surface area contributed by atoms with E-state index in [2.05, 4.69) is 12.7 Å². The minimum absolute atomic E-state index is 0.679. The number of likely N-dealkylation sites (tertiary alicyclic amines) is 1. The fraction of sp³-hybridized carbons (Fsp3) is 1.00. The van der Waals surface area contributed by atoms with Gasteiger partial charge in [-0.1, -0.05) is 6.92 Å². The number of hydrogen-bond donors (Lipinski definition) is 2. The first kappa shape index (κ1) is 10.0. The molecule has 0 unspecified atom stereocenters. The molecule has 0 amide bonds. The van der Waals surface area contributed by atoms with Crippen LogP contribution in [-0.2, 0) is 0 Å². The molecule has 1 aliphatic rings. The third-order valence-electron chi connectivity index (χ3n) is 2.97. The summed E-state index contributed by atoms with van der Waals surface area (Å²) in [7, 11) is 0. The lowest BCUT2D eigenvalue weighted by Crippen LogP contribution is -3.14. The molecule has 1 rings (SSSR count). The normalized spacial score (nSPS) is 23.5. The fourth-order valence-corrected chi connectivity index (χ4v) is 1.99. The summed E-state index contributed by atoms with van der Waals surface area (Å²) in [5.74, 6) is 0. The maximum Gasteiger partial charge on any atom is 0.134 e. The summed E-state index contributed by atoms with van der Waals surface area (Å²) in [6, 6.07) is 0.679. The van der Waals surface area contributed by atoms with Gasteiger partial charge in [-0.3, -0.25) is 0 Å². The summed E-state index contributed by atoms with van der Waals surface area (Å²) in [4.78, 5) is 1.80. The van der Waals surface area contributed by atoms with E-state index < -0.39 is 0 Å². The van der Waals surface area contributed by atoms with Crippen molar-refractivity contribution >= 4 is 0 Å². The van der Waals surface area contributed by atoms with Gasteiger partial charge in [-0.15, -0.1) is 0 Å². The predicted molar refractivity (Wildman–Crippen MR) is 51.0 cm³/mol. The highest BCUT2D eigenvalue weighted by Gasteiger charge is 2.16. The Bertz CT molecular complexity index is 106. The van der Waals surface area contributed by atoms with Crippen LogP contribution in [0, 0.1) is 0 Å². The molecule has 0 aromatic heterocycles. The summed E-state index contributed by atoms with van der Waals surface area (Å²) in [5.41, 5.74) is 4.16. The van der Waals surface area contributed by atoms with Crippen molar-refractivity contribution in [3.63, 3.8) is 0 Å². The SMILES string of the molecule is CC[C@H]([NH3+])C[NH+]1CCCCCC1. The van der Waals surface area contributed by atoms with Gasteiger partial charge in [-0.25, -0.2) is 0 Å². The zero-order valence-corrected chi connectivity index (χ0v) is 8.44. The van der Waals surface area contributed by atoms with Crippen molar-refractivity contribution in [2.45, 2.75) is 45.1 Å². The van der Waals surface area contributed by atoms with E-state index in [4.69, 9.17) is 0 Å². The van der Waals surface area contributed by atoms with Crippen LogP contribution in [0.2, 0.25) is 0 Å². The van der Waals surface area contributed by atoms with E-state index in [1.165, 1.54) is 51.7 Å². The van der Waals surface area contributed by atoms with Crippen LogP contribution in [0.4, 0.5) is 0 Å². The Kier molecular flexibility index (Phi) is 4.62. The van der Waals surface area contributed by atoms with Crippen molar-refractivity contribution in [2.24, 2.45) is 0 Å². The predicted octanol–water partition coefficient (Wildman–Crippen LogP) is -0.534. The first-order valence-corrected chi connectivity index (χ1v) is 5.49. The average Bonchev–Trinajstić information content (AvgIpc) is 2.33. The van der Waals surface area contributed by atoms with E-state index in [0.29, 0.717) is 6.04 Å². The van der Waals surface area contributed by atoms with Gasteiger partial charge in [0.05, 0.1) is 13.1 Å². The van der Waals surface area contributed by atoms with E-state index in [1.54, 1.807) is 4.90 Å². The summed E-state index contributed by atoms with van der Waals surface area (Å²) in [5, 5.41) is 0. The van der Waals surface area contributed by atoms with Crippen molar-refractivity contribution in [1.82, 2.24) is 0 Å². The highest BCUT2D eigenvalue weighted by Crippen LogP contribution is 1.99. The van der Waals surface area contributed by atoms with Gasteiger partial charge in [0.2, 0.25) is 0 Å². The molecule has 12 heavy (non-hydrogen) atoms. The molecule has 0 saturated carbocycles. The van der Waals surface area contributed by atoms with Crippen LogP contribution in [0.5, 0.6) is 0 Å². The highest BCUT2D eigenvalue weighted by atomic mass is 15.1. The standard InChI is InChI=1S/C10H22N2/c1-2-10(11)9-12-7-5-3-4-6-8-12/h10H,2-9,11H2,1H3/p+2/t10-/m0/s1. The van der Waals surface area contributed by atoms with E-state index in [1.807, 2.05) is 0 Å². The molecular formula is C10H24N2+2. The molecule has 1 atom stereocenters. The number of hydrogen-bond acceptors (Lipinski definition) is 0. The fourth-order valence-electron chi connectivity index (χ4n) is 1.99. The van der Waals surface area contributed by atoms with Crippen molar-refractivity contribution in [3.8, 4) is 0 Å². The van der Waals surface area contributed by atoms with Crippen molar-refractivity contribution in [1.29, 1.82) is 0 Å². The molecule has 1 fully saturated rings. The molecule has 0 aromatic carbocycles. The summed E-state index contributed by atoms with van der Waals surface area (Å²) in [6.45, 7) is 6.34. The lowest BCUT2D eigenvalue weighted by atomic mass is 10.2. The smallest absolute Gasteiger partial charge is 0.134 e. The first-order chi connectivity index (χ1) is 5.83. The molecule has 72 valence electrons. The van der Waals surface area contributed by atoms with Gasteiger partial charge in [0.1, 0.15) is 12.6 Å². The molecule has 0 aliphatic carbocycles. The van der Waals surface area contributed by atoms with Gasteiger partial charge in [0.25, 0.3) is 0 Å². The zero-order valence-electron chi connectivity index (χ0n) is 8.44. The summed E-state index contributed by atoms with van der Waals surface area (Å²) in [6.07, 6.45) is 7.02. The maximum absolute atomic E-state index is 4.16. The van der Waals surface area contributed by atoms with Crippen LogP contribution in [0.1, 0.15) is 39.0 Å². The third-order valence-corrected chi connectivity index (χ3v) is 2.97. The van der Waals surface area contributed by atoms with Gasteiger partial charge < -0.3 is 10.6 Å². The molecule has 0 aromatic rings. The van der Waals surface area contributed by atoms with Gasteiger partial charge in [0.15, 0.2) is 0 Å². The molecule has 0 spiro atoms. The van der Waals surface area contributed by atoms with Crippen LogP contribution in [0.15, 0.2) is 0 Å². The molecule has 1 heterocycles. The number of rotatable bonds is 3. The summed E-state index contributed by atoms with van der Waals surface area (Å²) < 4.78 is 0. The van der Waals surface area contributed by atoms with Crippen molar-refractivity contribution in [3.05, 3.63) is 0 Å². The van der Waals surface area contributed by atoms with Crippen LogP contribution < -0.4 is 10.6 Å². The van der Waals surface area contributed by atoms with Crippen LogP contribution in [-0.4, -0.2) is 25.7 Å². The Morgan fingerprint density at radius 1 is 1.17 bits per heavy atom. The Morgan fingerprint density at radius 2 is 1.75 bits per heavy atom. The van der Waals surface area contributed by atoms with E-state index >= 15 is 0 Å². The quantitative estimate of drug-likeness (QED) is 0.573. The third kappa shape index (κ3) is 3.55. The van der Waals surface area contributed by atoms with Crippen molar-refractivity contribution in [2.75, 3.05) is 19.6 Å². The lowest BCUT2D eigenvalue weighted by Gasteiger charge is -2.18. The van der Waals surface area contributed by atoms with Crippen LogP contribution in [0.25, 0.3) is 0 Å². The zero-order chi connectivity index (χ0) is 8.81. The second kappa shape index (κ2) is 5.55. The second-order valence-corrected chi connectivity index (χ2v) is 4.14. The topological polar surface area (TPSA) is 32.1 Å². The van der Waals surface area contributed by atoms with Gasteiger partial charge in [-0.2, -0.15) is 0 Å². The molecule has 2 heteroatoms. The maximum atomic E-state index is 4.16. The van der Waals surface area contributed by atoms with E-state index in [-0.39, 0.29) is 0 Å². The Morgan fingerprint density at radius 3 is 2.25 bits per heavy atom. The summed E-state index contributed by atoms with van der Waals surface area (Å²) >= 11 is 0. The Balaban J connectivity index is 2.20. The van der Waals surface area contributed by atoms with Crippen molar-refractivity contribution < 1.29 is 10.6 Å². The van der Waals surface area contributed by atoms with Crippen LogP contribution >= 0.6 is 0 Å². The van der Waals surface area contributed by atoms with E-state index in [0.717, 1.165) is 0 Å². The molecule has 4 N–H and O–H groups in total. The lowest BCUT2D eigenvalue weighted by molar-refractivity contribution is -0.908. The van der Waals surface area contributed by atoms with Gasteiger partial charge in [-0.05, 0) is 25.7 Å². The monoisotopic (exact) mass is 172 g/mol. The number of nitrogens with one attached hydrogen (secondary N) is 1. The minimum atomic E-state index is 0.679. The van der Waals surface area contributed by atoms with Crippen LogP contribution in [0.3, 0.4) is 0 Å². The molecule has 2 nitrogen and oxygen atoms in total. The largest absolute Gasteiger partial charge is 0.350 e. The Labute approximate surface area is 76.1 Å². The average molecular weight is 172 g/mol. The molecule has 0 radical (unpaired) electrons. The minimum Gasteiger partial charge on any atom is -0.350 e.